The summed E-state index contributed by atoms with van der Waals surface area (Å²) >= 11 is 11.9. The Morgan fingerprint density at radius 2 is 2.04 bits per heavy atom. The Labute approximate surface area is 149 Å². The predicted octanol–water partition coefficient (Wildman–Crippen LogP) is 3.53. The fourth-order valence-corrected chi connectivity index (χ4v) is 2.57. The third-order valence-corrected chi connectivity index (χ3v) is 4.43. The lowest BCUT2D eigenvalue weighted by Gasteiger charge is -2.04. The van der Waals surface area contributed by atoms with Crippen LogP contribution in [-0.2, 0) is 13.6 Å². The maximum atomic E-state index is 12.3. The fourth-order valence-electron chi connectivity index (χ4n) is 2.25. The van der Waals surface area contributed by atoms with E-state index in [0.29, 0.717) is 28.0 Å². The zero-order valence-corrected chi connectivity index (χ0v) is 14.6. The lowest BCUT2D eigenvalue weighted by atomic mass is 10.2. The van der Waals surface area contributed by atoms with Gasteiger partial charge in [-0.25, -0.2) is 0 Å². The summed E-state index contributed by atoms with van der Waals surface area (Å²) in [5.41, 5.74) is 2.28. The summed E-state index contributed by atoms with van der Waals surface area (Å²) in [6.07, 6.45) is 3.32. The van der Waals surface area contributed by atoms with E-state index in [1.807, 2.05) is 13.0 Å². The average molecular weight is 364 g/mol. The highest BCUT2D eigenvalue weighted by Gasteiger charge is 2.14. The van der Waals surface area contributed by atoms with Crippen molar-refractivity contribution in [3.8, 4) is 0 Å². The van der Waals surface area contributed by atoms with Crippen LogP contribution in [0.25, 0.3) is 0 Å². The molecule has 0 aliphatic rings. The van der Waals surface area contributed by atoms with E-state index in [-0.39, 0.29) is 5.91 Å². The number of carbonyl (C=O) groups is 1. The third kappa shape index (κ3) is 3.44. The Kier molecular flexibility index (Phi) is 4.59. The van der Waals surface area contributed by atoms with E-state index in [1.165, 1.54) is 6.20 Å². The van der Waals surface area contributed by atoms with Crippen molar-refractivity contribution in [1.29, 1.82) is 0 Å². The van der Waals surface area contributed by atoms with E-state index < -0.39 is 0 Å². The number of carbonyl (C=O) groups excluding carboxylic acids is 1. The third-order valence-electron chi connectivity index (χ3n) is 3.69. The van der Waals surface area contributed by atoms with Crippen molar-refractivity contribution in [2.24, 2.45) is 7.05 Å². The molecule has 0 saturated carbocycles. The number of aromatic nitrogens is 4. The van der Waals surface area contributed by atoms with Crippen LogP contribution in [0.1, 0.15) is 21.6 Å². The van der Waals surface area contributed by atoms with Crippen LogP contribution in [0.15, 0.2) is 36.7 Å². The Bertz CT molecular complexity index is 900. The van der Waals surface area contributed by atoms with Gasteiger partial charge in [0.15, 0.2) is 5.82 Å². The molecule has 1 amide bonds. The number of hydrogen-bond donors (Lipinski definition) is 1. The van der Waals surface area contributed by atoms with Gasteiger partial charge in [-0.1, -0.05) is 29.3 Å². The number of rotatable bonds is 4. The molecule has 0 unspecified atom stereocenters. The molecule has 0 bridgehead atoms. The lowest BCUT2D eigenvalue weighted by Crippen LogP contribution is -2.13. The summed E-state index contributed by atoms with van der Waals surface area (Å²) in [5, 5.41) is 12.2. The molecule has 0 radical (unpaired) electrons. The molecule has 3 rings (SSSR count). The van der Waals surface area contributed by atoms with Gasteiger partial charge < -0.3 is 5.32 Å². The SMILES string of the molecule is Cc1c(C(=O)Nc2ccn(Cc3ccc(Cl)c(Cl)c3)n2)cnn1C. The molecule has 3 aromatic rings. The molecule has 8 heteroatoms. The van der Waals surface area contributed by atoms with Crippen molar-refractivity contribution in [2.75, 3.05) is 5.32 Å². The van der Waals surface area contributed by atoms with Crippen LogP contribution in [0.2, 0.25) is 10.0 Å². The van der Waals surface area contributed by atoms with E-state index in [1.54, 1.807) is 40.8 Å². The maximum Gasteiger partial charge on any atom is 0.260 e. The minimum atomic E-state index is -0.236. The van der Waals surface area contributed by atoms with Crippen molar-refractivity contribution in [1.82, 2.24) is 19.6 Å². The maximum absolute atomic E-state index is 12.3. The summed E-state index contributed by atoms with van der Waals surface area (Å²) in [4.78, 5) is 12.3. The van der Waals surface area contributed by atoms with Gasteiger partial charge >= 0.3 is 0 Å². The van der Waals surface area contributed by atoms with Crippen LogP contribution in [-0.4, -0.2) is 25.5 Å². The van der Waals surface area contributed by atoms with Gasteiger partial charge in [-0.15, -0.1) is 0 Å². The van der Waals surface area contributed by atoms with Gasteiger partial charge in [0.05, 0.1) is 28.4 Å². The second-order valence-electron chi connectivity index (χ2n) is 5.37. The molecule has 0 spiro atoms. The van der Waals surface area contributed by atoms with Crippen LogP contribution in [0.5, 0.6) is 0 Å². The van der Waals surface area contributed by atoms with E-state index >= 15 is 0 Å². The first kappa shape index (κ1) is 16.5. The lowest BCUT2D eigenvalue weighted by molar-refractivity contribution is 0.102. The minimum absolute atomic E-state index is 0.236. The highest BCUT2D eigenvalue weighted by atomic mass is 35.5. The number of halogens is 2. The van der Waals surface area contributed by atoms with Crippen LogP contribution in [0.3, 0.4) is 0 Å². The Morgan fingerprint density at radius 1 is 1.25 bits per heavy atom. The monoisotopic (exact) mass is 363 g/mol. The molecule has 2 aromatic heterocycles. The second-order valence-corrected chi connectivity index (χ2v) is 6.18. The number of anilines is 1. The zero-order chi connectivity index (χ0) is 17.3. The van der Waals surface area contributed by atoms with Gasteiger partial charge in [-0.2, -0.15) is 10.2 Å². The largest absolute Gasteiger partial charge is 0.305 e. The summed E-state index contributed by atoms with van der Waals surface area (Å²) in [6.45, 7) is 2.36. The van der Waals surface area contributed by atoms with Crippen molar-refractivity contribution >= 4 is 34.9 Å². The number of nitrogens with one attached hydrogen (secondary N) is 1. The number of aryl methyl sites for hydroxylation is 1. The van der Waals surface area contributed by atoms with Gasteiger partial charge in [-0.3, -0.25) is 14.2 Å². The first-order valence-corrected chi connectivity index (χ1v) is 7.97. The molecule has 1 N–H and O–H groups in total. The van der Waals surface area contributed by atoms with Gasteiger partial charge in [0.1, 0.15) is 0 Å². The van der Waals surface area contributed by atoms with Crippen LogP contribution in [0, 0.1) is 6.92 Å². The topological polar surface area (TPSA) is 64.7 Å². The highest BCUT2D eigenvalue weighted by Crippen LogP contribution is 2.23. The molecule has 24 heavy (non-hydrogen) atoms. The molecule has 0 saturated heterocycles. The van der Waals surface area contributed by atoms with Crippen molar-refractivity contribution in [2.45, 2.75) is 13.5 Å². The molecule has 0 atom stereocenters. The summed E-state index contributed by atoms with van der Waals surface area (Å²) in [6, 6.07) is 7.16. The quantitative estimate of drug-likeness (QED) is 0.770. The summed E-state index contributed by atoms with van der Waals surface area (Å²) < 4.78 is 3.36. The molecule has 0 aliphatic carbocycles. The molecular formula is C16H15Cl2N5O. The molecule has 6 nitrogen and oxygen atoms in total. The fraction of sp³-hybridized carbons (Fsp3) is 0.188. The van der Waals surface area contributed by atoms with Crippen molar-refractivity contribution in [3.63, 3.8) is 0 Å². The molecule has 1 aromatic carbocycles. The van der Waals surface area contributed by atoms with Crippen LogP contribution >= 0.6 is 23.2 Å². The van der Waals surface area contributed by atoms with Crippen LogP contribution < -0.4 is 5.32 Å². The summed E-state index contributed by atoms with van der Waals surface area (Å²) in [7, 11) is 1.79. The highest BCUT2D eigenvalue weighted by molar-refractivity contribution is 6.42. The number of nitrogens with zero attached hydrogens (tertiary/aromatic N) is 4. The van der Waals surface area contributed by atoms with Gasteiger partial charge in [0, 0.05) is 25.0 Å². The predicted molar refractivity (Wildman–Crippen MR) is 93.7 cm³/mol. The minimum Gasteiger partial charge on any atom is -0.305 e. The van der Waals surface area contributed by atoms with Crippen molar-refractivity contribution in [3.05, 3.63) is 63.5 Å². The van der Waals surface area contributed by atoms with Gasteiger partial charge in [0.2, 0.25) is 0 Å². The second kappa shape index (κ2) is 6.67. The zero-order valence-electron chi connectivity index (χ0n) is 13.1. The molecular weight excluding hydrogens is 349 g/mol. The van der Waals surface area contributed by atoms with E-state index in [2.05, 4.69) is 15.5 Å². The first-order chi connectivity index (χ1) is 11.4. The van der Waals surface area contributed by atoms with Crippen LogP contribution in [0.4, 0.5) is 5.82 Å². The molecule has 0 aliphatic heterocycles. The smallest absolute Gasteiger partial charge is 0.260 e. The standard InChI is InChI=1S/C16H15Cl2N5O/c1-10-12(8-19-22(10)2)16(24)20-15-5-6-23(21-15)9-11-3-4-13(17)14(18)7-11/h3-8H,9H2,1-2H3,(H,20,21,24). The molecule has 2 heterocycles. The normalized spacial score (nSPS) is 10.8. The Morgan fingerprint density at radius 3 is 2.71 bits per heavy atom. The number of benzene rings is 1. The van der Waals surface area contributed by atoms with Crippen molar-refractivity contribution < 1.29 is 4.79 Å². The average Bonchev–Trinajstić information content (AvgIpc) is 3.11. The van der Waals surface area contributed by atoms with E-state index in [4.69, 9.17) is 23.2 Å². The van der Waals surface area contributed by atoms with Gasteiger partial charge in [-0.05, 0) is 24.6 Å². The summed E-state index contributed by atoms with van der Waals surface area (Å²) in [5.74, 6) is 0.240. The number of hydrogen-bond acceptors (Lipinski definition) is 3. The first-order valence-electron chi connectivity index (χ1n) is 7.21. The van der Waals surface area contributed by atoms with E-state index in [0.717, 1.165) is 11.3 Å². The molecule has 124 valence electrons. The number of amides is 1. The van der Waals surface area contributed by atoms with E-state index in [9.17, 15) is 4.79 Å². The molecule has 0 fully saturated rings. The van der Waals surface area contributed by atoms with Gasteiger partial charge in [0.25, 0.3) is 5.91 Å². The Hall–Kier alpha value is -2.31. The Balaban J connectivity index is 1.70.